The van der Waals surface area contributed by atoms with E-state index in [0.29, 0.717) is 0 Å². The molecule has 0 saturated carbocycles. The molecule has 23 heavy (non-hydrogen) atoms. The molecule has 7 rings (SSSR count). The summed E-state index contributed by atoms with van der Waals surface area (Å²) >= 11 is 0. The fraction of sp³-hybridized carbons (Fsp3) is 0.0909. The van der Waals surface area contributed by atoms with E-state index in [1.165, 1.54) is 65.0 Å². The highest BCUT2D eigenvalue weighted by Crippen LogP contribution is 2.50. The zero-order chi connectivity index (χ0) is 14.7. The van der Waals surface area contributed by atoms with Crippen LogP contribution in [0.1, 0.15) is 11.1 Å². The molecule has 1 aliphatic rings. The van der Waals surface area contributed by atoms with Crippen molar-refractivity contribution in [2.45, 2.75) is 13.1 Å². The lowest BCUT2D eigenvalue weighted by molar-refractivity contribution is 0.684. The molecule has 0 bridgehead atoms. The Morgan fingerprint density at radius 3 is 1.43 bits per heavy atom. The van der Waals surface area contributed by atoms with E-state index in [9.17, 15) is 0 Å². The van der Waals surface area contributed by atoms with E-state index >= 15 is 0 Å². The molecule has 0 aliphatic carbocycles. The van der Waals surface area contributed by atoms with E-state index in [4.69, 9.17) is 0 Å². The van der Waals surface area contributed by atoms with E-state index in [1.807, 2.05) is 0 Å². The molecule has 0 atom stereocenters. The maximum absolute atomic E-state index is 3.57. The molecule has 1 heteroatoms. The van der Waals surface area contributed by atoms with Crippen molar-refractivity contribution in [3.63, 3.8) is 0 Å². The van der Waals surface area contributed by atoms with Crippen LogP contribution in [0.3, 0.4) is 0 Å². The summed E-state index contributed by atoms with van der Waals surface area (Å²) in [5, 5.41) is 18.1. The predicted octanol–water partition coefficient (Wildman–Crippen LogP) is 5.37. The molecule has 6 aromatic carbocycles. The molecule has 106 valence electrons. The highest BCUT2D eigenvalue weighted by molar-refractivity contribution is 6.44. The first kappa shape index (κ1) is 11.0. The molecular formula is C22H13N. The van der Waals surface area contributed by atoms with Gasteiger partial charge in [0.1, 0.15) is 0 Å². The van der Waals surface area contributed by atoms with Gasteiger partial charge in [0, 0.05) is 13.1 Å². The van der Waals surface area contributed by atoms with E-state index in [-0.39, 0.29) is 0 Å². The van der Waals surface area contributed by atoms with Crippen LogP contribution >= 0.6 is 0 Å². The minimum Gasteiger partial charge on any atom is -0.309 e. The van der Waals surface area contributed by atoms with E-state index in [1.54, 1.807) is 0 Å². The molecule has 1 aliphatic heterocycles. The third-order valence-electron chi connectivity index (χ3n) is 5.91. The Labute approximate surface area is 132 Å². The van der Waals surface area contributed by atoms with Gasteiger partial charge in [0.25, 0.3) is 0 Å². The zero-order valence-corrected chi connectivity index (χ0v) is 12.5. The van der Waals surface area contributed by atoms with Gasteiger partial charge in [-0.05, 0) is 77.1 Å². The normalized spacial score (nSPS) is 15.3. The van der Waals surface area contributed by atoms with Crippen LogP contribution in [0, 0.1) is 0 Å². The molecule has 1 N–H and O–H groups in total. The quantitative estimate of drug-likeness (QED) is 0.371. The maximum Gasteiger partial charge on any atom is 0.0215 e. The van der Waals surface area contributed by atoms with Crippen LogP contribution in [-0.2, 0) is 13.1 Å². The highest BCUT2D eigenvalue weighted by Gasteiger charge is 2.24. The minimum absolute atomic E-state index is 0.981. The Hall–Kier alpha value is -2.64. The number of benzene rings is 5. The van der Waals surface area contributed by atoms with E-state index in [0.717, 1.165) is 13.1 Å². The lowest BCUT2D eigenvalue weighted by Crippen LogP contribution is -2.18. The summed E-state index contributed by atoms with van der Waals surface area (Å²) in [6, 6.07) is 18.6. The Kier molecular flexibility index (Phi) is 1.58. The van der Waals surface area contributed by atoms with Gasteiger partial charge < -0.3 is 5.32 Å². The molecule has 6 aromatic rings. The number of nitrogens with one attached hydrogen (secondary N) is 1. The molecular weight excluding hydrogens is 278 g/mol. The van der Waals surface area contributed by atoms with Crippen molar-refractivity contribution in [3.05, 3.63) is 59.7 Å². The lowest BCUT2D eigenvalue weighted by Gasteiger charge is -2.20. The smallest absolute Gasteiger partial charge is 0.0215 e. The van der Waals surface area contributed by atoms with Crippen molar-refractivity contribution in [2.75, 3.05) is 0 Å². The van der Waals surface area contributed by atoms with Crippen LogP contribution in [0.2, 0.25) is 0 Å². The summed E-state index contributed by atoms with van der Waals surface area (Å²) < 4.78 is 0. The van der Waals surface area contributed by atoms with Crippen molar-refractivity contribution in [2.24, 2.45) is 0 Å². The minimum atomic E-state index is 0.981. The first-order valence-corrected chi connectivity index (χ1v) is 8.30. The van der Waals surface area contributed by atoms with Gasteiger partial charge in [-0.1, -0.05) is 36.4 Å². The van der Waals surface area contributed by atoms with Gasteiger partial charge >= 0.3 is 0 Å². The largest absolute Gasteiger partial charge is 0.309 e. The molecule has 0 radical (unpaired) electrons. The van der Waals surface area contributed by atoms with E-state index < -0.39 is 0 Å². The Bertz CT molecular complexity index is 1270. The van der Waals surface area contributed by atoms with Crippen LogP contribution in [-0.4, -0.2) is 0 Å². The van der Waals surface area contributed by atoms with Crippen molar-refractivity contribution < 1.29 is 0 Å². The molecule has 1 nitrogen and oxygen atoms in total. The second-order valence-electron chi connectivity index (χ2n) is 7.01. The van der Waals surface area contributed by atoms with Crippen LogP contribution in [0.4, 0.5) is 0 Å². The number of hydrogen-bond acceptors (Lipinski definition) is 1. The monoisotopic (exact) mass is 291 g/mol. The van der Waals surface area contributed by atoms with Crippen molar-refractivity contribution in [1.82, 2.24) is 5.32 Å². The molecule has 1 heterocycles. The van der Waals surface area contributed by atoms with Crippen LogP contribution < -0.4 is 5.32 Å². The van der Waals surface area contributed by atoms with Crippen molar-refractivity contribution in [3.8, 4) is 0 Å². The molecule has 0 fully saturated rings. The van der Waals surface area contributed by atoms with Gasteiger partial charge in [0.2, 0.25) is 0 Å². The maximum atomic E-state index is 3.57. The highest BCUT2D eigenvalue weighted by atomic mass is 14.9. The van der Waals surface area contributed by atoms with Gasteiger partial charge in [-0.2, -0.15) is 0 Å². The summed E-state index contributed by atoms with van der Waals surface area (Å²) in [5.41, 5.74) is 2.92. The second kappa shape index (κ2) is 3.32. The summed E-state index contributed by atoms with van der Waals surface area (Å²) in [6.45, 7) is 1.96. The number of hydrogen-bond donors (Lipinski definition) is 1. The first-order chi connectivity index (χ1) is 11.4. The summed E-state index contributed by atoms with van der Waals surface area (Å²) in [5.74, 6) is 0. The second-order valence-corrected chi connectivity index (χ2v) is 7.01. The standard InChI is InChI=1S/C22H13N/c1-2-12-4-6-14-8-16-10-23-9-15-7-13-5-3-11(1)18-19(12)21(14)22(17(15)16)20(13)18/h1-8,23H,9-10H2. The van der Waals surface area contributed by atoms with Crippen molar-refractivity contribution in [1.29, 1.82) is 0 Å². The SMILES string of the molecule is c1cc2ccc3cc4c5c(cc6ccc1c1c2c3c5c61)CNC4. The summed E-state index contributed by atoms with van der Waals surface area (Å²) in [7, 11) is 0. The van der Waals surface area contributed by atoms with Gasteiger partial charge in [0.05, 0.1) is 0 Å². The summed E-state index contributed by atoms with van der Waals surface area (Å²) in [6.07, 6.45) is 0. The third kappa shape index (κ3) is 1.06. The van der Waals surface area contributed by atoms with Crippen molar-refractivity contribution >= 4 is 53.9 Å². The third-order valence-corrected chi connectivity index (χ3v) is 5.91. The Morgan fingerprint density at radius 2 is 0.913 bits per heavy atom. The molecule has 0 spiro atoms. The van der Waals surface area contributed by atoms with E-state index in [2.05, 4.69) is 53.8 Å². The number of rotatable bonds is 0. The Morgan fingerprint density at radius 1 is 0.478 bits per heavy atom. The van der Waals surface area contributed by atoms with Gasteiger partial charge in [-0.25, -0.2) is 0 Å². The zero-order valence-electron chi connectivity index (χ0n) is 12.5. The topological polar surface area (TPSA) is 12.0 Å². The predicted molar refractivity (Wildman–Crippen MR) is 98.1 cm³/mol. The molecule has 0 aromatic heterocycles. The summed E-state index contributed by atoms with van der Waals surface area (Å²) in [4.78, 5) is 0. The lowest BCUT2D eigenvalue weighted by atomic mass is 9.90. The fourth-order valence-electron chi connectivity index (χ4n) is 5.08. The van der Waals surface area contributed by atoms with Gasteiger partial charge in [-0.15, -0.1) is 0 Å². The first-order valence-electron chi connectivity index (χ1n) is 8.30. The van der Waals surface area contributed by atoms with Gasteiger partial charge in [0.15, 0.2) is 0 Å². The molecule has 0 unspecified atom stereocenters. The molecule has 0 amide bonds. The van der Waals surface area contributed by atoms with Crippen LogP contribution in [0.15, 0.2) is 48.5 Å². The average molecular weight is 291 g/mol. The Balaban J connectivity index is 2.04. The fourth-order valence-corrected chi connectivity index (χ4v) is 5.08. The van der Waals surface area contributed by atoms with Crippen LogP contribution in [0.5, 0.6) is 0 Å². The average Bonchev–Trinajstić information content (AvgIpc) is 2.96. The van der Waals surface area contributed by atoms with Crippen LogP contribution in [0.25, 0.3) is 53.9 Å². The van der Waals surface area contributed by atoms with Gasteiger partial charge in [-0.3, -0.25) is 0 Å². The molecule has 0 saturated heterocycles.